The molecule has 2 aromatic carbocycles. The fourth-order valence-electron chi connectivity index (χ4n) is 2.04. The number of ether oxygens (including phenoxy) is 2. The fourth-order valence-corrected chi connectivity index (χ4v) is 2.04. The van der Waals surface area contributed by atoms with E-state index in [1.54, 1.807) is 18.4 Å². The molecule has 2 N–H and O–H groups in total. The highest BCUT2D eigenvalue weighted by Crippen LogP contribution is 2.01. The van der Waals surface area contributed by atoms with Gasteiger partial charge in [0.2, 0.25) is 5.91 Å². The first kappa shape index (κ1) is 31.6. The lowest BCUT2D eigenvalue weighted by molar-refractivity contribution is 0.0641. The molecule has 0 saturated heterocycles. The zero-order valence-corrected chi connectivity index (χ0v) is 21.3. The molecule has 0 unspecified atom stereocenters. The Balaban J connectivity index is 0. The average molecular weight is 444 g/mol. The Morgan fingerprint density at radius 2 is 1.59 bits per heavy atom. The van der Waals surface area contributed by atoms with E-state index >= 15 is 0 Å². The number of primary amides is 1. The van der Waals surface area contributed by atoms with Crippen LogP contribution in [0.4, 0.5) is 0 Å². The maximum atomic E-state index is 10.5. The topological polar surface area (TPSA) is 61.6 Å². The molecule has 0 fully saturated rings. The van der Waals surface area contributed by atoms with E-state index in [4.69, 9.17) is 15.2 Å². The zero-order valence-electron chi connectivity index (χ0n) is 21.3. The van der Waals surface area contributed by atoms with Crippen molar-refractivity contribution in [1.82, 2.24) is 0 Å². The van der Waals surface area contributed by atoms with Gasteiger partial charge in [0.15, 0.2) is 0 Å². The Morgan fingerprint density at radius 1 is 1.00 bits per heavy atom. The first-order valence-electron chi connectivity index (χ1n) is 11.7. The van der Waals surface area contributed by atoms with Gasteiger partial charge < -0.3 is 15.2 Å². The van der Waals surface area contributed by atoms with Crippen molar-refractivity contribution in [3.8, 4) is 0 Å². The van der Waals surface area contributed by atoms with E-state index < -0.39 is 0 Å². The van der Waals surface area contributed by atoms with E-state index in [1.165, 1.54) is 5.56 Å². The highest BCUT2D eigenvalue weighted by Gasteiger charge is 1.96. The predicted molar refractivity (Wildman–Crippen MR) is 138 cm³/mol. The van der Waals surface area contributed by atoms with Crippen LogP contribution in [0.1, 0.15) is 82.3 Å². The summed E-state index contributed by atoms with van der Waals surface area (Å²) in [6.45, 7) is 16.0. The van der Waals surface area contributed by atoms with Crippen LogP contribution in [-0.2, 0) is 16.1 Å². The molecule has 2 aromatic rings. The Morgan fingerprint density at radius 3 is 2.06 bits per heavy atom. The number of rotatable bonds is 9. The van der Waals surface area contributed by atoms with Crippen LogP contribution >= 0.6 is 0 Å². The van der Waals surface area contributed by atoms with Crippen molar-refractivity contribution in [1.29, 1.82) is 0 Å². The van der Waals surface area contributed by atoms with E-state index in [9.17, 15) is 4.79 Å². The van der Waals surface area contributed by atoms with E-state index in [1.807, 2.05) is 57.2 Å². The highest BCUT2D eigenvalue weighted by molar-refractivity contribution is 5.92. The monoisotopic (exact) mass is 443 g/mol. The minimum Gasteiger partial charge on any atom is -0.497 e. The second kappa shape index (κ2) is 23.1. The van der Waals surface area contributed by atoms with E-state index in [0.29, 0.717) is 18.3 Å². The van der Waals surface area contributed by atoms with Gasteiger partial charge >= 0.3 is 0 Å². The lowest BCUT2D eigenvalue weighted by atomic mass is 10.1. The molecule has 0 spiro atoms. The predicted octanol–water partition coefficient (Wildman–Crippen LogP) is 7.46. The number of benzene rings is 2. The second-order valence-electron chi connectivity index (χ2n) is 6.90. The lowest BCUT2D eigenvalue weighted by Gasteiger charge is -2.07. The van der Waals surface area contributed by atoms with E-state index in [2.05, 4.69) is 39.8 Å². The summed E-state index contributed by atoms with van der Waals surface area (Å²) in [7, 11) is 0. The maximum absolute atomic E-state index is 10.5. The van der Waals surface area contributed by atoms with Crippen molar-refractivity contribution in [3.05, 3.63) is 83.6 Å². The standard InChI is InChI=1S/C11H14O.C8H9NO.C7H16O.C2H6/c1-2-3-9-12-10-11-7-5-4-6-8-11;1-6-2-4-7(5-3-6)8(9)10;1-4-6-8-7(3)5-2;1-2/h3-9H,2,10H2,1H3;2-5H,1H3,(H2,9,10);7H,4-6H2,1-3H3;1-2H3/b9-3-;;;/t;;7-;/m..0./s1. The molecule has 0 heterocycles. The minimum absolute atomic E-state index is 0.375. The van der Waals surface area contributed by atoms with Crippen molar-refractivity contribution in [2.45, 2.75) is 80.4 Å². The third-order valence-electron chi connectivity index (χ3n) is 4.04. The summed E-state index contributed by atoms with van der Waals surface area (Å²) in [4.78, 5) is 10.5. The number of allylic oxidation sites excluding steroid dienone is 1. The maximum Gasteiger partial charge on any atom is 0.248 e. The van der Waals surface area contributed by atoms with Gasteiger partial charge in [-0.2, -0.15) is 0 Å². The highest BCUT2D eigenvalue weighted by atomic mass is 16.5. The first-order valence-corrected chi connectivity index (χ1v) is 11.7. The van der Waals surface area contributed by atoms with Crippen LogP contribution in [0.2, 0.25) is 0 Å². The normalized spacial score (nSPS) is 10.5. The molecule has 0 aliphatic heterocycles. The van der Waals surface area contributed by atoms with Crippen molar-refractivity contribution in [3.63, 3.8) is 0 Å². The summed E-state index contributed by atoms with van der Waals surface area (Å²) in [5.41, 5.74) is 7.92. The first-order chi connectivity index (χ1) is 15.4. The van der Waals surface area contributed by atoms with Gasteiger partial charge in [0, 0.05) is 12.2 Å². The summed E-state index contributed by atoms with van der Waals surface area (Å²) in [6, 6.07) is 17.3. The quantitative estimate of drug-likeness (QED) is 0.409. The van der Waals surface area contributed by atoms with E-state index in [-0.39, 0.29) is 5.91 Å². The van der Waals surface area contributed by atoms with Gasteiger partial charge in [0.05, 0.1) is 12.4 Å². The number of carbonyl (C=O) groups excluding carboxylic acids is 1. The summed E-state index contributed by atoms with van der Waals surface area (Å²) < 4.78 is 10.6. The molecular weight excluding hydrogens is 398 g/mol. The largest absolute Gasteiger partial charge is 0.497 e. The van der Waals surface area contributed by atoms with Gasteiger partial charge in [0.25, 0.3) is 0 Å². The van der Waals surface area contributed by atoms with Crippen molar-refractivity contribution < 1.29 is 14.3 Å². The Bertz CT molecular complexity index is 682. The third-order valence-corrected chi connectivity index (χ3v) is 4.04. The van der Waals surface area contributed by atoms with Gasteiger partial charge in [-0.1, -0.05) is 88.7 Å². The number of amides is 1. The smallest absolute Gasteiger partial charge is 0.248 e. The molecule has 0 aliphatic rings. The van der Waals surface area contributed by atoms with Crippen LogP contribution in [-0.4, -0.2) is 18.6 Å². The van der Waals surface area contributed by atoms with Crippen LogP contribution < -0.4 is 5.73 Å². The van der Waals surface area contributed by atoms with Gasteiger partial charge in [-0.25, -0.2) is 0 Å². The zero-order chi connectivity index (χ0) is 24.6. The number of nitrogens with two attached hydrogens (primary N) is 1. The molecule has 1 amide bonds. The fraction of sp³-hybridized carbons (Fsp3) is 0.464. The van der Waals surface area contributed by atoms with E-state index in [0.717, 1.165) is 31.4 Å². The Labute approximate surface area is 196 Å². The Kier molecular flexibility index (Phi) is 22.8. The Hall–Kier alpha value is -2.59. The summed E-state index contributed by atoms with van der Waals surface area (Å²) in [5, 5.41) is 0. The molecule has 32 heavy (non-hydrogen) atoms. The summed E-state index contributed by atoms with van der Waals surface area (Å²) >= 11 is 0. The van der Waals surface area contributed by atoms with Crippen LogP contribution in [0.5, 0.6) is 0 Å². The van der Waals surface area contributed by atoms with Crippen LogP contribution in [0.15, 0.2) is 66.9 Å². The number of aryl methyl sites for hydroxylation is 1. The second-order valence-corrected chi connectivity index (χ2v) is 6.90. The van der Waals surface area contributed by atoms with Crippen molar-refractivity contribution >= 4 is 5.91 Å². The van der Waals surface area contributed by atoms with Gasteiger partial charge in [-0.3, -0.25) is 4.79 Å². The van der Waals surface area contributed by atoms with Gasteiger partial charge in [-0.05, 0) is 50.8 Å². The molecule has 2 rings (SSSR count). The molecular formula is C28H45NO3. The lowest BCUT2D eigenvalue weighted by Crippen LogP contribution is -2.10. The average Bonchev–Trinajstić information content (AvgIpc) is 2.83. The third kappa shape index (κ3) is 19.4. The minimum atomic E-state index is -0.375. The molecule has 0 bridgehead atoms. The summed E-state index contributed by atoms with van der Waals surface area (Å²) in [5.74, 6) is -0.375. The number of carbonyl (C=O) groups is 1. The number of hydrogen-bond donors (Lipinski definition) is 1. The van der Waals surface area contributed by atoms with Crippen LogP contribution in [0.25, 0.3) is 0 Å². The van der Waals surface area contributed by atoms with Crippen LogP contribution in [0, 0.1) is 6.92 Å². The molecule has 4 nitrogen and oxygen atoms in total. The molecule has 0 radical (unpaired) electrons. The van der Waals surface area contributed by atoms with Crippen molar-refractivity contribution in [2.24, 2.45) is 5.73 Å². The van der Waals surface area contributed by atoms with Crippen molar-refractivity contribution in [2.75, 3.05) is 6.61 Å². The summed E-state index contributed by atoms with van der Waals surface area (Å²) in [6.07, 6.45) is 7.49. The molecule has 180 valence electrons. The van der Waals surface area contributed by atoms with Crippen LogP contribution in [0.3, 0.4) is 0 Å². The molecule has 0 aromatic heterocycles. The molecule has 4 heteroatoms. The van der Waals surface area contributed by atoms with Gasteiger partial charge in [0.1, 0.15) is 6.61 Å². The molecule has 1 atom stereocenters. The molecule has 0 saturated carbocycles. The SMILES string of the molecule is CC.CC/C=C\OCc1ccccc1.CCCO[C@@H](C)CC.Cc1ccc(C(N)=O)cc1. The number of hydrogen-bond acceptors (Lipinski definition) is 3. The van der Waals surface area contributed by atoms with Gasteiger partial charge in [-0.15, -0.1) is 0 Å². The molecule has 0 aliphatic carbocycles.